The Kier molecular flexibility index (Phi) is 9.59. The molecule has 0 nitrogen and oxygen atoms in total. The normalized spacial score (nSPS) is 15.2. The van der Waals surface area contributed by atoms with Crippen LogP contribution in [0, 0.1) is 23.7 Å². The molecule has 0 radical (unpaired) electrons. The van der Waals surface area contributed by atoms with Crippen LogP contribution in [0.5, 0.6) is 0 Å². The van der Waals surface area contributed by atoms with Crippen LogP contribution in [0.4, 0.5) is 0 Å². The Morgan fingerprint density at radius 3 is 2.06 bits per heavy atom. The van der Waals surface area contributed by atoms with E-state index in [-0.39, 0.29) is 0 Å². The second-order valence-electron chi connectivity index (χ2n) is 6.39. The highest BCUT2D eigenvalue weighted by Gasteiger charge is 2.16. The predicted octanol–water partition coefficient (Wildman–Crippen LogP) is 6.08. The van der Waals surface area contributed by atoms with Gasteiger partial charge in [-0.05, 0) is 42.9 Å². The maximum absolute atomic E-state index is 3.89. The summed E-state index contributed by atoms with van der Waals surface area (Å²) in [4.78, 5) is 0. The Bertz CT molecular complexity index is 178. The number of hydrogen-bond acceptors (Lipinski definition) is 0. The molecule has 102 valence electrons. The fourth-order valence-electron chi connectivity index (χ4n) is 2.84. The molecular weight excluding hydrogens is 204 g/mol. The smallest absolute Gasteiger partial charge is 0.0322 e. The maximum atomic E-state index is 3.89. The highest BCUT2D eigenvalue weighted by atomic mass is 14.2. The van der Waals surface area contributed by atoms with Crippen LogP contribution >= 0.6 is 0 Å². The number of hydrogen-bond donors (Lipinski definition) is 0. The molecule has 0 rings (SSSR count). The molecule has 0 heterocycles. The summed E-state index contributed by atoms with van der Waals surface area (Å²) in [5.74, 6) is 3.45. The zero-order valence-corrected chi connectivity index (χ0v) is 12.8. The van der Waals surface area contributed by atoms with Crippen LogP contribution in [-0.2, 0) is 0 Å². The Hall–Kier alpha value is -0.260. The molecule has 0 amide bonds. The monoisotopic (exact) mass is 238 g/mol. The first-order chi connectivity index (χ1) is 8.01. The van der Waals surface area contributed by atoms with Crippen molar-refractivity contribution < 1.29 is 0 Å². The molecule has 2 atom stereocenters. The molecule has 0 aliphatic heterocycles. The van der Waals surface area contributed by atoms with Gasteiger partial charge in [0.2, 0.25) is 0 Å². The highest BCUT2D eigenvalue weighted by Crippen LogP contribution is 2.28. The third kappa shape index (κ3) is 8.46. The van der Waals surface area contributed by atoms with Gasteiger partial charge in [-0.25, -0.2) is 0 Å². The van der Waals surface area contributed by atoms with E-state index >= 15 is 0 Å². The SMILES string of the molecule is C=CCC(CCC(CCC)CC(C)C)C(C)C. The Labute approximate surface area is 110 Å². The molecule has 0 aromatic carbocycles. The van der Waals surface area contributed by atoms with E-state index in [9.17, 15) is 0 Å². The van der Waals surface area contributed by atoms with Gasteiger partial charge in [0, 0.05) is 0 Å². The van der Waals surface area contributed by atoms with E-state index in [4.69, 9.17) is 0 Å². The molecule has 0 aromatic heterocycles. The summed E-state index contributed by atoms with van der Waals surface area (Å²) < 4.78 is 0. The molecule has 0 spiro atoms. The van der Waals surface area contributed by atoms with Crippen LogP contribution < -0.4 is 0 Å². The Morgan fingerprint density at radius 1 is 1.00 bits per heavy atom. The van der Waals surface area contributed by atoms with E-state index in [1.54, 1.807) is 0 Å². The Morgan fingerprint density at radius 2 is 1.65 bits per heavy atom. The predicted molar refractivity (Wildman–Crippen MR) is 80.2 cm³/mol. The van der Waals surface area contributed by atoms with Crippen LogP contribution in [0.15, 0.2) is 12.7 Å². The molecule has 2 unspecified atom stereocenters. The first kappa shape index (κ1) is 16.7. The molecule has 0 saturated carbocycles. The van der Waals surface area contributed by atoms with Crippen molar-refractivity contribution in [2.45, 2.75) is 73.1 Å². The zero-order chi connectivity index (χ0) is 13.3. The third-order valence-electron chi connectivity index (χ3n) is 3.86. The summed E-state index contributed by atoms with van der Waals surface area (Å²) in [5.41, 5.74) is 0. The minimum absolute atomic E-state index is 0.800. The average Bonchev–Trinajstić information content (AvgIpc) is 2.23. The fourth-order valence-corrected chi connectivity index (χ4v) is 2.84. The largest absolute Gasteiger partial charge is 0.103 e. The van der Waals surface area contributed by atoms with Crippen LogP contribution in [0.1, 0.15) is 73.1 Å². The molecule has 0 heteroatoms. The van der Waals surface area contributed by atoms with Gasteiger partial charge in [-0.15, -0.1) is 6.58 Å². The Balaban J connectivity index is 4.10. The molecule has 0 aliphatic rings. The lowest BCUT2D eigenvalue weighted by Gasteiger charge is -2.24. The standard InChI is InChI=1S/C17H34/c1-7-9-16(13-14(3)4)11-12-17(10-8-2)15(5)6/h8,14-17H,2,7,9-13H2,1,3-6H3. The maximum Gasteiger partial charge on any atom is -0.0322 e. The van der Waals surface area contributed by atoms with Gasteiger partial charge in [-0.3, -0.25) is 0 Å². The lowest BCUT2D eigenvalue weighted by Crippen LogP contribution is -2.12. The first-order valence-corrected chi connectivity index (χ1v) is 7.62. The number of allylic oxidation sites excluding steroid dienone is 1. The molecule has 0 saturated heterocycles. The van der Waals surface area contributed by atoms with Gasteiger partial charge in [0.1, 0.15) is 0 Å². The minimum atomic E-state index is 0.800. The van der Waals surface area contributed by atoms with Gasteiger partial charge in [-0.1, -0.05) is 60.0 Å². The number of rotatable bonds is 10. The summed E-state index contributed by atoms with van der Waals surface area (Å²) in [7, 11) is 0. The summed E-state index contributed by atoms with van der Waals surface area (Å²) in [6, 6.07) is 0. The lowest BCUT2D eigenvalue weighted by molar-refractivity contribution is 0.288. The fraction of sp³-hybridized carbons (Fsp3) is 0.882. The lowest BCUT2D eigenvalue weighted by atomic mass is 9.82. The molecular formula is C17H34. The summed E-state index contributed by atoms with van der Waals surface area (Å²) in [6.45, 7) is 15.6. The quantitative estimate of drug-likeness (QED) is 0.405. The van der Waals surface area contributed by atoms with Crippen molar-refractivity contribution >= 4 is 0 Å². The van der Waals surface area contributed by atoms with Gasteiger partial charge < -0.3 is 0 Å². The average molecular weight is 238 g/mol. The van der Waals surface area contributed by atoms with E-state index in [0.717, 1.165) is 23.7 Å². The van der Waals surface area contributed by atoms with Crippen LogP contribution in [0.25, 0.3) is 0 Å². The van der Waals surface area contributed by atoms with E-state index in [2.05, 4.69) is 47.3 Å². The van der Waals surface area contributed by atoms with Crippen molar-refractivity contribution in [2.75, 3.05) is 0 Å². The molecule has 0 fully saturated rings. The molecule has 17 heavy (non-hydrogen) atoms. The van der Waals surface area contributed by atoms with E-state index < -0.39 is 0 Å². The van der Waals surface area contributed by atoms with E-state index in [0.29, 0.717) is 0 Å². The van der Waals surface area contributed by atoms with Gasteiger partial charge in [0.05, 0.1) is 0 Å². The van der Waals surface area contributed by atoms with Crippen molar-refractivity contribution in [2.24, 2.45) is 23.7 Å². The summed E-state index contributed by atoms with van der Waals surface area (Å²) in [5, 5.41) is 0. The second-order valence-corrected chi connectivity index (χ2v) is 6.39. The summed E-state index contributed by atoms with van der Waals surface area (Å²) in [6.07, 6.45) is 10.3. The minimum Gasteiger partial charge on any atom is -0.103 e. The van der Waals surface area contributed by atoms with Gasteiger partial charge in [0.15, 0.2) is 0 Å². The topological polar surface area (TPSA) is 0 Å². The van der Waals surface area contributed by atoms with Crippen molar-refractivity contribution in [3.8, 4) is 0 Å². The molecule has 0 bridgehead atoms. The van der Waals surface area contributed by atoms with E-state index in [1.807, 2.05) is 0 Å². The van der Waals surface area contributed by atoms with Crippen LogP contribution in [0.3, 0.4) is 0 Å². The van der Waals surface area contributed by atoms with Crippen LogP contribution in [-0.4, -0.2) is 0 Å². The van der Waals surface area contributed by atoms with Gasteiger partial charge >= 0.3 is 0 Å². The summed E-state index contributed by atoms with van der Waals surface area (Å²) >= 11 is 0. The third-order valence-corrected chi connectivity index (χ3v) is 3.86. The molecule has 0 aromatic rings. The van der Waals surface area contributed by atoms with Gasteiger partial charge in [-0.2, -0.15) is 0 Å². The van der Waals surface area contributed by atoms with Crippen molar-refractivity contribution in [1.29, 1.82) is 0 Å². The first-order valence-electron chi connectivity index (χ1n) is 7.62. The van der Waals surface area contributed by atoms with Crippen molar-refractivity contribution in [3.63, 3.8) is 0 Å². The van der Waals surface area contributed by atoms with Crippen molar-refractivity contribution in [3.05, 3.63) is 12.7 Å². The van der Waals surface area contributed by atoms with Crippen molar-refractivity contribution in [1.82, 2.24) is 0 Å². The molecule has 0 N–H and O–H groups in total. The second kappa shape index (κ2) is 9.74. The molecule has 0 aliphatic carbocycles. The van der Waals surface area contributed by atoms with E-state index in [1.165, 1.54) is 38.5 Å². The van der Waals surface area contributed by atoms with Gasteiger partial charge in [0.25, 0.3) is 0 Å². The highest BCUT2D eigenvalue weighted by molar-refractivity contribution is 4.76. The zero-order valence-electron chi connectivity index (χ0n) is 12.8. The van der Waals surface area contributed by atoms with Crippen LogP contribution in [0.2, 0.25) is 0 Å².